The smallest absolute Gasteiger partial charge is 0.136 e. The van der Waals surface area contributed by atoms with E-state index in [2.05, 4.69) is 51.2 Å². The number of halogens is 1. The van der Waals surface area contributed by atoms with Crippen molar-refractivity contribution in [3.8, 4) is 0 Å². The van der Waals surface area contributed by atoms with E-state index in [1.807, 2.05) is 11.6 Å². The SMILES string of the molecule is Cc1nn(Cc2ccc3c(c2)CCN3C)c(N)c1Br. The molecular formula is C14H17BrN4. The molecule has 0 spiro atoms. The number of aromatic nitrogens is 2. The monoisotopic (exact) mass is 320 g/mol. The molecule has 0 fully saturated rings. The zero-order valence-electron chi connectivity index (χ0n) is 11.2. The highest BCUT2D eigenvalue weighted by Gasteiger charge is 2.16. The molecular weight excluding hydrogens is 304 g/mol. The minimum atomic E-state index is 0.690. The molecule has 1 aromatic heterocycles. The van der Waals surface area contributed by atoms with Crippen molar-refractivity contribution in [2.45, 2.75) is 19.9 Å². The number of fused-ring (bicyclic) bond motifs is 1. The van der Waals surface area contributed by atoms with Crippen molar-refractivity contribution >= 4 is 27.4 Å². The van der Waals surface area contributed by atoms with Crippen LogP contribution in [-0.2, 0) is 13.0 Å². The highest BCUT2D eigenvalue weighted by atomic mass is 79.9. The molecule has 0 saturated carbocycles. The van der Waals surface area contributed by atoms with Gasteiger partial charge in [-0.15, -0.1) is 0 Å². The summed E-state index contributed by atoms with van der Waals surface area (Å²) in [5.41, 5.74) is 11.0. The molecule has 0 radical (unpaired) electrons. The van der Waals surface area contributed by atoms with Crippen LogP contribution < -0.4 is 10.6 Å². The van der Waals surface area contributed by atoms with E-state index < -0.39 is 0 Å². The summed E-state index contributed by atoms with van der Waals surface area (Å²) in [6.07, 6.45) is 1.12. The number of nitrogen functional groups attached to an aromatic ring is 1. The third-order valence-corrected chi connectivity index (χ3v) is 4.68. The second-order valence-corrected chi connectivity index (χ2v) is 5.87. The van der Waals surface area contributed by atoms with Crippen molar-refractivity contribution in [3.63, 3.8) is 0 Å². The van der Waals surface area contributed by atoms with E-state index in [1.54, 1.807) is 0 Å². The number of hydrogen-bond acceptors (Lipinski definition) is 3. The van der Waals surface area contributed by atoms with Gasteiger partial charge in [-0.25, -0.2) is 4.68 Å². The van der Waals surface area contributed by atoms with Crippen LogP contribution >= 0.6 is 15.9 Å². The van der Waals surface area contributed by atoms with Gasteiger partial charge in [0.15, 0.2) is 0 Å². The summed E-state index contributed by atoms with van der Waals surface area (Å²) in [6, 6.07) is 6.62. The molecule has 1 aliphatic rings. The van der Waals surface area contributed by atoms with Crippen molar-refractivity contribution in [2.75, 3.05) is 24.2 Å². The van der Waals surface area contributed by atoms with Crippen LogP contribution in [-0.4, -0.2) is 23.4 Å². The Labute approximate surface area is 121 Å². The molecule has 0 amide bonds. The number of hydrogen-bond donors (Lipinski definition) is 1. The fourth-order valence-electron chi connectivity index (χ4n) is 2.59. The van der Waals surface area contributed by atoms with Gasteiger partial charge in [-0.2, -0.15) is 5.10 Å². The molecule has 2 heterocycles. The third kappa shape index (κ3) is 2.12. The molecule has 0 unspecified atom stereocenters. The lowest BCUT2D eigenvalue weighted by molar-refractivity contribution is 0.689. The maximum atomic E-state index is 6.03. The van der Waals surface area contributed by atoms with Gasteiger partial charge in [0.25, 0.3) is 0 Å². The minimum absolute atomic E-state index is 0.690. The summed E-state index contributed by atoms with van der Waals surface area (Å²) in [5.74, 6) is 0.690. The average Bonchev–Trinajstić information content (AvgIpc) is 2.87. The Kier molecular flexibility index (Phi) is 3.01. The van der Waals surface area contributed by atoms with Crippen molar-refractivity contribution in [3.05, 3.63) is 39.5 Å². The van der Waals surface area contributed by atoms with Gasteiger partial charge in [-0.3, -0.25) is 0 Å². The summed E-state index contributed by atoms with van der Waals surface area (Å²) in [6.45, 7) is 3.78. The largest absolute Gasteiger partial charge is 0.383 e. The summed E-state index contributed by atoms with van der Waals surface area (Å²) < 4.78 is 2.74. The zero-order chi connectivity index (χ0) is 13.6. The van der Waals surface area contributed by atoms with Gasteiger partial charge in [0.2, 0.25) is 0 Å². The Morgan fingerprint density at radius 2 is 2.21 bits per heavy atom. The molecule has 19 heavy (non-hydrogen) atoms. The minimum Gasteiger partial charge on any atom is -0.383 e. The van der Waals surface area contributed by atoms with Crippen LogP contribution in [0.3, 0.4) is 0 Å². The van der Waals surface area contributed by atoms with Crippen LogP contribution in [0, 0.1) is 6.92 Å². The van der Waals surface area contributed by atoms with E-state index >= 15 is 0 Å². The van der Waals surface area contributed by atoms with Gasteiger partial charge < -0.3 is 10.6 Å². The van der Waals surface area contributed by atoms with Crippen LogP contribution in [0.1, 0.15) is 16.8 Å². The number of anilines is 2. The number of aryl methyl sites for hydroxylation is 1. The molecule has 1 aliphatic heterocycles. The Bertz CT molecular complexity index is 633. The molecule has 0 aliphatic carbocycles. The first-order chi connectivity index (χ1) is 9.06. The third-order valence-electron chi connectivity index (χ3n) is 3.70. The van der Waals surface area contributed by atoms with Crippen LogP contribution in [0.4, 0.5) is 11.5 Å². The fourth-order valence-corrected chi connectivity index (χ4v) is 2.87. The first-order valence-electron chi connectivity index (χ1n) is 6.37. The molecule has 1 aromatic carbocycles. The van der Waals surface area contributed by atoms with Crippen molar-refractivity contribution in [2.24, 2.45) is 0 Å². The van der Waals surface area contributed by atoms with E-state index in [0.29, 0.717) is 5.82 Å². The molecule has 3 rings (SSSR count). The van der Waals surface area contributed by atoms with Gasteiger partial charge in [-0.1, -0.05) is 12.1 Å². The second kappa shape index (κ2) is 4.56. The quantitative estimate of drug-likeness (QED) is 0.925. The summed E-state index contributed by atoms with van der Waals surface area (Å²) in [4.78, 5) is 2.29. The van der Waals surface area contributed by atoms with Crippen LogP contribution in [0.5, 0.6) is 0 Å². The molecule has 5 heteroatoms. The lowest BCUT2D eigenvalue weighted by Crippen LogP contribution is -2.12. The standard InChI is InChI=1S/C14H17BrN4/c1-9-13(15)14(16)19(17-9)8-10-3-4-12-11(7-10)5-6-18(12)2/h3-4,7H,5-6,8,16H2,1-2H3. The van der Waals surface area contributed by atoms with E-state index in [4.69, 9.17) is 5.73 Å². The van der Waals surface area contributed by atoms with Gasteiger partial charge in [0, 0.05) is 19.3 Å². The van der Waals surface area contributed by atoms with E-state index in [-0.39, 0.29) is 0 Å². The first kappa shape index (κ1) is 12.5. The lowest BCUT2D eigenvalue weighted by atomic mass is 10.1. The highest BCUT2D eigenvalue weighted by Crippen LogP contribution is 2.28. The van der Waals surface area contributed by atoms with Crippen LogP contribution in [0.25, 0.3) is 0 Å². The molecule has 0 bridgehead atoms. The molecule has 2 aromatic rings. The van der Waals surface area contributed by atoms with E-state index in [9.17, 15) is 0 Å². The second-order valence-electron chi connectivity index (χ2n) is 5.08. The zero-order valence-corrected chi connectivity index (χ0v) is 12.7. The van der Waals surface area contributed by atoms with Crippen LogP contribution in [0.2, 0.25) is 0 Å². The molecule has 0 atom stereocenters. The van der Waals surface area contributed by atoms with Gasteiger partial charge in [-0.05, 0) is 46.5 Å². The molecule has 100 valence electrons. The molecule has 0 saturated heterocycles. The summed E-state index contributed by atoms with van der Waals surface area (Å²) in [5, 5.41) is 4.45. The van der Waals surface area contributed by atoms with Crippen molar-refractivity contribution in [1.29, 1.82) is 0 Å². The van der Waals surface area contributed by atoms with Gasteiger partial charge >= 0.3 is 0 Å². The maximum absolute atomic E-state index is 6.03. The van der Waals surface area contributed by atoms with Gasteiger partial charge in [0.1, 0.15) is 5.82 Å². The number of benzene rings is 1. The maximum Gasteiger partial charge on any atom is 0.136 e. The Hall–Kier alpha value is -1.49. The predicted octanol–water partition coefficient (Wildman–Crippen LogP) is 2.58. The first-order valence-corrected chi connectivity index (χ1v) is 7.17. The van der Waals surface area contributed by atoms with Gasteiger partial charge in [0.05, 0.1) is 16.7 Å². The Morgan fingerprint density at radius 1 is 1.42 bits per heavy atom. The number of likely N-dealkylation sites (N-methyl/N-ethyl adjacent to an activating group) is 1. The molecule has 4 nitrogen and oxygen atoms in total. The van der Waals surface area contributed by atoms with Crippen LogP contribution in [0.15, 0.2) is 22.7 Å². The van der Waals surface area contributed by atoms with E-state index in [0.717, 1.165) is 29.7 Å². The van der Waals surface area contributed by atoms with Crippen molar-refractivity contribution < 1.29 is 0 Å². The van der Waals surface area contributed by atoms with E-state index in [1.165, 1.54) is 16.8 Å². The predicted molar refractivity (Wildman–Crippen MR) is 81.6 cm³/mol. The summed E-state index contributed by atoms with van der Waals surface area (Å²) in [7, 11) is 2.14. The summed E-state index contributed by atoms with van der Waals surface area (Å²) >= 11 is 3.46. The topological polar surface area (TPSA) is 47.1 Å². The highest BCUT2D eigenvalue weighted by molar-refractivity contribution is 9.10. The number of rotatable bonds is 2. The Morgan fingerprint density at radius 3 is 2.89 bits per heavy atom. The Balaban J connectivity index is 1.90. The lowest BCUT2D eigenvalue weighted by Gasteiger charge is -2.12. The average molecular weight is 321 g/mol. The normalized spacial score (nSPS) is 13.9. The molecule has 2 N–H and O–H groups in total. The number of nitrogens with zero attached hydrogens (tertiary/aromatic N) is 3. The number of nitrogens with two attached hydrogens (primary N) is 1. The van der Waals surface area contributed by atoms with Crippen molar-refractivity contribution in [1.82, 2.24) is 9.78 Å². The fraction of sp³-hybridized carbons (Fsp3) is 0.357.